The molecule has 0 radical (unpaired) electrons. The van der Waals surface area contributed by atoms with Gasteiger partial charge in [-0.3, -0.25) is 9.36 Å². The standard InChI is InChI=1S/C26H34N6O/c1-18(2)22-5-3-4-6-23(22)32-24(33)12-7-19-17-28-26(30-25(19)32)29-20-8-10-21(11-9-20)31-15-13-27-14-16-31/h7-12,17-18,22-23,27H,3-6,13-16H2,1-2H3,(H,28,29,30). The zero-order valence-electron chi connectivity index (χ0n) is 19.6. The van der Waals surface area contributed by atoms with Crippen molar-refractivity contribution in [2.24, 2.45) is 11.8 Å². The summed E-state index contributed by atoms with van der Waals surface area (Å²) in [5.74, 6) is 1.55. The average molecular weight is 447 g/mol. The summed E-state index contributed by atoms with van der Waals surface area (Å²) in [6.45, 7) is 8.63. The first-order chi connectivity index (χ1) is 16.1. The Bertz CT molecular complexity index is 1150. The van der Waals surface area contributed by atoms with Gasteiger partial charge in [-0.05, 0) is 55.0 Å². The summed E-state index contributed by atoms with van der Waals surface area (Å²) in [4.78, 5) is 24.8. The fourth-order valence-corrected chi connectivity index (χ4v) is 5.47. The van der Waals surface area contributed by atoms with Gasteiger partial charge in [0.1, 0.15) is 5.65 Å². The van der Waals surface area contributed by atoms with E-state index in [4.69, 9.17) is 4.98 Å². The molecule has 2 N–H and O–H groups in total. The Balaban J connectivity index is 1.44. The molecule has 2 unspecified atom stereocenters. The molecule has 5 rings (SSSR count). The van der Waals surface area contributed by atoms with Crippen LogP contribution >= 0.6 is 0 Å². The molecule has 2 aliphatic rings. The molecule has 33 heavy (non-hydrogen) atoms. The van der Waals surface area contributed by atoms with E-state index < -0.39 is 0 Å². The van der Waals surface area contributed by atoms with E-state index in [0.717, 1.165) is 55.7 Å². The molecule has 7 nitrogen and oxygen atoms in total. The van der Waals surface area contributed by atoms with Gasteiger partial charge in [0.2, 0.25) is 5.95 Å². The topological polar surface area (TPSA) is 75.1 Å². The SMILES string of the molecule is CC(C)C1CCCCC1n1c(=O)ccc2cnc(Nc3ccc(N4CCNCC4)cc3)nc21. The lowest BCUT2D eigenvalue weighted by atomic mass is 9.77. The number of piperazine rings is 1. The van der Waals surface area contributed by atoms with Gasteiger partial charge in [-0.1, -0.05) is 26.7 Å². The first-order valence-corrected chi connectivity index (χ1v) is 12.3. The van der Waals surface area contributed by atoms with Gasteiger partial charge in [-0.15, -0.1) is 0 Å². The fourth-order valence-electron chi connectivity index (χ4n) is 5.47. The van der Waals surface area contributed by atoms with Crippen molar-refractivity contribution in [2.75, 3.05) is 36.4 Å². The maximum absolute atomic E-state index is 13.0. The Morgan fingerprint density at radius 3 is 2.55 bits per heavy atom. The maximum atomic E-state index is 13.0. The van der Waals surface area contributed by atoms with Crippen molar-refractivity contribution in [1.29, 1.82) is 0 Å². The molecule has 2 atom stereocenters. The van der Waals surface area contributed by atoms with E-state index in [1.54, 1.807) is 6.07 Å². The third kappa shape index (κ3) is 4.60. The number of rotatable bonds is 5. The number of nitrogens with zero attached hydrogens (tertiary/aromatic N) is 4. The lowest BCUT2D eigenvalue weighted by Crippen LogP contribution is -2.43. The Kier molecular flexibility index (Phi) is 6.31. The Hall–Kier alpha value is -2.93. The minimum absolute atomic E-state index is 0.0325. The highest BCUT2D eigenvalue weighted by Gasteiger charge is 2.30. The molecule has 1 saturated carbocycles. The van der Waals surface area contributed by atoms with Gasteiger partial charge in [-0.2, -0.15) is 4.98 Å². The van der Waals surface area contributed by atoms with E-state index in [1.165, 1.54) is 18.5 Å². The van der Waals surface area contributed by atoms with E-state index in [9.17, 15) is 4.79 Å². The predicted octanol–water partition coefficient (Wildman–Crippen LogP) is 4.33. The lowest BCUT2D eigenvalue weighted by Gasteiger charge is -2.36. The van der Waals surface area contributed by atoms with E-state index in [2.05, 4.69) is 58.6 Å². The second-order valence-corrected chi connectivity index (χ2v) is 9.68. The van der Waals surface area contributed by atoms with E-state index in [0.29, 0.717) is 17.8 Å². The molecular formula is C26H34N6O. The summed E-state index contributed by atoms with van der Waals surface area (Å²) in [7, 11) is 0. The number of anilines is 3. The number of nitrogens with one attached hydrogen (secondary N) is 2. The van der Waals surface area contributed by atoms with Crippen molar-refractivity contribution >= 4 is 28.4 Å². The smallest absolute Gasteiger partial charge is 0.252 e. The van der Waals surface area contributed by atoms with Gasteiger partial charge in [0.05, 0.1) is 0 Å². The monoisotopic (exact) mass is 446 g/mol. The summed E-state index contributed by atoms with van der Waals surface area (Å²) < 4.78 is 1.94. The number of benzene rings is 1. The van der Waals surface area contributed by atoms with Gasteiger partial charge < -0.3 is 15.5 Å². The third-order valence-electron chi connectivity index (χ3n) is 7.24. The number of hydrogen-bond donors (Lipinski definition) is 2. The van der Waals surface area contributed by atoms with Crippen molar-refractivity contribution in [2.45, 2.75) is 45.6 Å². The van der Waals surface area contributed by atoms with E-state index >= 15 is 0 Å². The summed E-state index contributed by atoms with van der Waals surface area (Å²) in [5, 5.41) is 7.64. The lowest BCUT2D eigenvalue weighted by molar-refractivity contribution is 0.184. The molecule has 1 aliphatic carbocycles. The fraction of sp³-hybridized carbons (Fsp3) is 0.500. The second-order valence-electron chi connectivity index (χ2n) is 9.68. The van der Waals surface area contributed by atoms with Crippen LogP contribution in [-0.4, -0.2) is 40.7 Å². The average Bonchev–Trinajstić information content (AvgIpc) is 2.85. The molecule has 3 heterocycles. The van der Waals surface area contributed by atoms with Crippen LogP contribution in [0.1, 0.15) is 45.6 Å². The molecule has 0 bridgehead atoms. The van der Waals surface area contributed by atoms with Crippen LogP contribution in [0.25, 0.3) is 11.0 Å². The van der Waals surface area contributed by atoms with E-state index in [1.807, 2.05) is 16.8 Å². The summed E-state index contributed by atoms with van der Waals surface area (Å²) in [6.07, 6.45) is 6.42. The minimum atomic E-state index is 0.0325. The van der Waals surface area contributed by atoms with Gasteiger partial charge in [-0.25, -0.2) is 4.98 Å². The number of aromatic nitrogens is 3. The highest BCUT2D eigenvalue weighted by molar-refractivity contribution is 5.76. The van der Waals surface area contributed by atoms with Crippen molar-refractivity contribution < 1.29 is 0 Å². The van der Waals surface area contributed by atoms with Gasteiger partial charge in [0, 0.05) is 61.2 Å². The highest BCUT2D eigenvalue weighted by Crippen LogP contribution is 2.38. The molecule has 0 amide bonds. The molecule has 1 aromatic carbocycles. The zero-order chi connectivity index (χ0) is 22.8. The molecule has 2 aromatic heterocycles. The van der Waals surface area contributed by atoms with Crippen molar-refractivity contribution in [3.05, 3.63) is 52.9 Å². The quantitative estimate of drug-likeness (QED) is 0.608. The van der Waals surface area contributed by atoms with Crippen molar-refractivity contribution in [3.63, 3.8) is 0 Å². The van der Waals surface area contributed by atoms with Crippen LogP contribution in [0.15, 0.2) is 47.4 Å². The molecule has 0 spiro atoms. The summed E-state index contributed by atoms with van der Waals surface area (Å²) in [5.41, 5.74) is 2.93. The molecule has 174 valence electrons. The molecular weight excluding hydrogens is 412 g/mol. The molecule has 1 aliphatic heterocycles. The Morgan fingerprint density at radius 1 is 1.03 bits per heavy atom. The van der Waals surface area contributed by atoms with Crippen LogP contribution in [0.4, 0.5) is 17.3 Å². The van der Waals surface area contributed by atoms with Crippen molar-refractivity contribution in [3.8, 4) is 0 Å². The summed E-state index contributed by atoms with van der Waals surface area (Å²) >= 11 is 0. The molecule has 2 fully saturated rings. The van der Waals surface area contributed by atoms with E-state index in [-0.39, 0.29) is 11.6 Å². The van der Waals surface area contributed by atoms with Gasteiger partial charge >= 0.3 is 0 Å². The Morgan fingerprint density at radius 2 is 1.79 bits per heavy atom. The van der Waals surface area contributed by atoms with Crippen molar-refractivity contribution in [1.82, 2.24) is 19.9 Å². The number of fused-ring (bicyclic) bond motifs is 1. The van der Waals surface area contributed by atoms with Crippen LogP contribution in [0, 0.1) is 11.8 Å². The molecule has 3 aromatic rings. The molecule has 1 saturated heterocycles. The first-order valence-electron chi connectivity index (χ1n) is 12.3. The maximum Gasteiger partial charge on any atom is 0.252 e. The van der Waals surface area contributed by atoms with Crippen LogP contribution in [0.2, 0.25) is 0 Å². The number of hydrogen-bond acceptors (Lipinski definition) is 6. The van der Waals surface area contributed by atoms with Gasteiger partial charge in [0.15, 0.2) is 0 Å². The first kappa shape index (κ1) is 21.9. The van der Waals surface area contributed by atoms with Gasteiger partial charge in [0.25, 0.3) is 5.56 Å². The second kappa shape index (κ2) is 9.51. The zero-order valence-corrected chi connectivity index (χ0v) is 19.6. The Labute approximate surface area is 195 Å². The summed E-state index contributed by atoms with van der Waals surface area (Å²) in [6, 6.07) is 12.1. The normalized spacial score (nSPS) is 21.5. The van der Waals surface area contributed by atoms with Crippen LogP contribution in [0.3, 0.4) is 0 Å². The predicted molar refractivity (Wildman–Crippen MR) is 134 cm³/mol. The highest BCUT2D eigenvalue weighted by atomic mass is 16.1. The minimum Gasteiger partial charge on any atom is -0.369 e. The molecule has 7 heteroatoms. The van der Waals surface area contributed by atoms with Crippen LogP contribution in [0.5, 0.6) is 0 Å². The third-order valence-corrected chi connectivity index (χ3v) is 7.24. The number of pyridine rings is 1. The van der Waals surface area contributed by atoms with Crippen LogP contribution < -0.4 is 21.1 Å². The van der Waals surface area contributed by atoms with Crippen LogP contribution in [-0.2, 0) is 0 Å². The largest absolute Gasteiger partial charge is 0.369 e.